The SMILES string of the molecule is CCOC(=O)C(Cc1c[nH]c2ccc(NC(C)=O)cc12)(NC(C)=O)C(=O)OCC. The van der Waals surface area contributed by atoms with Crippen LogP contribution < -0.4 is 10.6 Å². The van der Waals surface area contributed by atoms with Gasteiger partial charge in [0.25, 0.3) is 0 Å². The number of carbonyl (C=O) groups is 4. The smallest absolute Gasteiger partial charge is 0.344 e. The van der Waals surface area contributed by atoms with Gasteiger partial charge in [-0.15, -0.1) is 0 Å². The van der Waals surface area contributed by atoms with Gasteiger partial charge in [0.1, 0.15) is 0 Å². The maximum Gasteiger partial charge on any atom is 0.344 e. The van der Waals surface area contributed by atoms with Crippen molar-refractivity contribution in [3.8, 4) is 0 Å². The lowest BCUT2D eigenvalue weighted by molar-refractivity contribution is -0.168. The van der Waals surface area contributed by atoms with Gasteiger partial charge in [-0.2, -0.15) is 0 Å². The molecule has 1 aromatic carbocycles. The summed E-state index contributed by atoms with van der Waals surface area (Å²) in [6, 6.07) is 5.21. The average molecular weight is 403 g/mol. The van der Waals surface area contributed by atoms with Crippen molar-refractivity contribution in [1.82, 2.24) is 10.3 Å². The number of aromatic amines is 1. The van der Waals surface area contributed by atoms with Crippen LogP contribution in [0.5, 0.6) is 0 Å². The number of hydrogen-bond donors (Lipinski definition) is 3. The molecule has 9 heteroatoms. The fraction of sp³-hybridized carbons (Fsp3) is 0.400. The highest BCUT2D eigenvalue weighted by Gasteiger charge is 2.50. The Morgan fingerprint density at radius 2 is 1.62 bits per heavy atom. The van der Waals surface area contributed by atoms with Crippen molar-refractivity contribution < 1.29 is 28.7 Å². The lowest BCUT2D eigenvalue weighted by atomic mass is 9.90. The van der Waals surface area contributed by atoms with E-state index in [2.05, 4.69) is 15.6 Å². The van der Waals surface area contributed by atoms with E-state index in [1.165, 1.54) is 13.8 Å². The number of benzene rings is 1. The highest BCUT2D eigenvalue weighted by atomic mass is 16.6. The Morgan fingerprint density at radius 3 is 2.14 bits per heavy atom. The quantitative estimate of drug-likeness (QED) is 0.455. The van der Waals surface area contributed by atoms with Crippen molar-refractivity contribution in [2.75, 3.05) is 18.5 Å². The van der Waals surface area contributed by atoms with E-state index in [0.717, 1.165) is 5.52 Å². The largest absolute Gasteiger partial charge is 0.464 e. The zero-order valence-electron chi connectivity index (χ0n) is 16.9. The van der Waals surface area contributed by atoms with Crippen molar-refractivity contribution in [3.05, 3.63) is 30.0 Å². The van der Waals surface area contributed by atoms with Crippen LogP contribution in [0.3, 0.4) is 0 Å². The van der Waals surface area contributed by atoms with Crippen LogP contribution in [0.1, 0.15) is 33.3 Å². The molecule has 2 rings (SSSR count). The number of amides is 2. The van der Waals surface area contributed by atoms with Crippen LogP contribution in [0.25, 0.3) is 10.9 Å². The Balaban J connectivity index is 2.56. The van der Waals surface area contributed by atoms with E-state index in [0.29, 0.717) is 16.6 Å². The highest BCUT2D eigenvalue weighted by Crippen LogP contribution is 2.27. The van der Waals surface area contributed by atoms with Crippen molar-refractivity contribution in [2.45, 2.75) is 39.7 Å². The van der Waals surface area contributed by atoms with Gasteiger partial charge in [-0.25, -0.2) is 9.59 Å². The average Bonchev–Trinajstić information content (AvgIpc) is 3.02. The van der Waals surface area contributed by atoms with Crippen molar-refractivity contribution in [1.29, 1.82) is 0 Å². The second-order valence-electron chi connectivity index (χ2n) is 6.46. The van der Waals surface area contributed by atoms with Gasteiger partial charge in [0.15, 0.2) is 0 Å². The number of esters is 2. The molecular weight excluding hydrogens is 378 g/mol. The van der Waals surface area contributed by atoms with Gasteiger partial charge in [0, 0.05) is 43.1 Å². The van der Waals surface area contributed by atoms with Crippen molar-refractivity contribution in [2.24, 2.45) is 0 Å². The molecule has 0 atom stereocenters. The number of aromatic nitrogens is 1. The molecule has 9 nitrogen and oxygen atoms in total. The van der Waals surface area contributed by atoms with E-state index in [1.54, 1.807) is 38.2 Å². The maximum absolute atomic E-state index is 12.8. The lowest BCUT2D eigenvalue weighted by Gasteiger charge is -2.29. The summed E-state index contributed by atoms with van der Waals surface area (Å²) in [4.78, 5) is 51.8. The first kappa shape index (κ1) is 21.9. The Labute approximate surface area is 168 Å². The third kappa shape index (κ3) is 4.92. The second-order valence-corrected chi connectivity index (χ2v) is 6.46. The van der Waals surface area contributed by atoms with Crippen LogP contribution in [0, 0.1) is 0 Å². The fourth-order valence-electron chi connectivity index (χ4n) is 3.07. The standard InChI is InChI=1S/C20H25N3O6/c1-5-28-18(26)20(23-13(4)25,19(27)29-6-2)10-14-11-21-17-8-7-15(9-16(14)17)22-12(3)24/h7-9,11,21H,5-6,10H2,1-4H3,(H,22,24)(H,23,25). The summed E-state index contributed by atoms with van der Waals surface area (Å²) in [5, 5.41) is 5.81. The van der Waals surface area contributed by atoms with Gasteiger partial charge < -0.3 is 25.1 Å². The summed E-state index contributed by atoms with van der Waals surface area (Å²) in [7, 11) is 0. The van der Waals surface area contributed by atoms with Crippen LogP contribution in [-0.4, -0.2) is 47.5 Å². The van der Waals surface area contributed by atoms with E-state index in [4.69, 9.17) is 9.47 Å². The zero-order chi connectivity index (χ0) is 21.6. The third-order valence-electron chi connectivity index (χ3n) is 4.18. The molecule has 0 radical (unpaired) electrons. The predicted octanol–water partition coefficient (Wildman–Crippen LogP) is 1.67. The molecule has 0 saturated carbocycles. The molecule has 1 aromatic heterocycles. The number of H-pyrrole nitrogens is 1. The molecule has 1 heterocycles. The minimum absolute atomic E-state index is 0.0279. The molecule has 0 saturated heterocycles. The number of rotatable bonds is 8. The molecular formula is C20H25N3O6. The fourth-order valence-corrected chi connectivity index (χ4v) is 3.07. The van der Waals surface area contributed by atoms with Gasteiger partial charge in [0.2, 0.25) is 17.4 Å². The van der Waals surface area contributed by atoms with Gasteiger partial charge >= 0.3 is 11.9 Å². The summed E-state index contributed by atoms with van der Waals surface area (Å²) in [5.41, 5.74) is -0.166. The summed E-state index contributed by atoms with van der Waals surface area (Å²) >= 11 is 0. The molecule has 29 heavy (non-hydrogen) atoms. The summed E-state index contributed by atoms with van der Waals surface area (Å²) in [5.74, 6) is -2.61. The molecule has 0 spiro atoms. The number of ether oxygens (including phenoxy) is 2. The molecule has 0 unspecified atom stereocenters. The molecule has 156 valence electrons. The van der Waals surface area contributed by atoms with E-state index in [1.807, 2.05) is 0 Å². The Bertz CT molecular complexity index is 915. The summed E-state index contributed by atoms with van der Waals surface area (Å²) in [6.45, 7) is 5.86. The Hall–Kier alpha value is -3.36. The minimum Gasteiger partial charge on any atom is -0.464 e. The maximum atomic E-state index is 12.8. The van der Waals surface area contributed by atoms with Gasteiger partial charge in [-0.05, 0) is 37.6 Å². The summed E-state index contributed by atoms with van der Waals surface area (Å²) in [6.07, 6.45) is 1.45. The van der Waals surface area contributed by atoms with Crippen LogP contribution in [0.2, 0.25) is 0 Å². The number of hydrogen-bond acceptors (Lipinski definition) is 6. The van der Waals surface area contributed by atoms with Gasteiger partial charge in [-0.3, -0.25) is 9.59 Å². The van der Waals surface area contributed by atoms with Crippen LogP contribution in [0.4, 0.5) is 5.69 Å². The molecule has 2 aromatic rings. The first-order valence-electron chi connectivity index (χ1n) is 9.24. The highest BCUT2D eigenvalue weighted by molar-refractivity contribution is 6.08. The third-order valence-corrected chi connectivity index (χ3v) is 4.18. The molecule has 3 N–H and O–H groups in total. The van der Waals surface area contributed by atoms with Gasteiger partial charge in [0.05, 0.1) is 13.2 Å². The molecule has 0 aliphatic rings. The number of carbonyl (C=O) groups excluding carboxylic acids is 4. The van der Waals surface area contributed by atoms with E-state index in [9.17, 15) is 19.2 Å². The zero-order valence-corrected chi connectivity index (χ0v) is 16.9. The Kier molecular flexibility index (Phi) is 6.98. The van der Waals surface area contributed by atoms with E-state index in [-0.39, 0.29) is 25.5 Å². The Morgan fingerprint density at radius 1 is 1.00 bits per heavy atom. The monoisotopic (exact) mass is 403 g/mol. The lowest BCUT2D eigenvalue weighted by Crippen LogP contribution is -2.62. The van der Waals surface area contributed by atoms with Crippen LogP contribution in [0.15, 0.2) is 24.4 Å². The first-order chi connectivity index (χ1) is 13.7. The van der Waals surface area contributed by atoms with E-state index < -0.39 is 23.4 Å². The second kappa shape index (κ2) is 9.22. The normalized spacial score (nSPS) is 11.0. The molecule has 0 aliphatic carbocycles. The summed E-state index contributed by atoms with van der Waals surface area (Å²) < 4.78 is 10.2. The molecule has 0 fully saturated rings. The van der Waals surface area contributed by atoms with Crippen molar-refractivity contribution in [3.63, 3.8) is 0 Å². The molecule has 0 aliphatic heterocycles. The van der Waals surface area contributed by atoms with Gasteiger partial charge in [-0.1, -0.05) is 0 Å². The van der Waals surface area contributed by atoms with Crippen LogP contribution in [-0.2, 0) is 35.1 Å². The molecule has 0 bridgehead atoms. The number of fused-ring (bicyclic) bond motifs is 1. The minimum atomic E-state index is -2.03. The first-order valence-corrected chi connectivity index (χ1v) is 9.24. The predicted molar refractivity (Wildman–Crippen MR) is 106 cm³/mol. The number of anilines is 1. The number of nitrogens with one attached hydrogen (secondary N) is 3. The van der Waals surface area contributed by atoms with Crippen LogP contribution >= 0.6 is 0 Å². The topological polar surface area (TPSA) is 127 Å². The van der Waals surface area contributed by atoms with E-state index >= 15 is 0 Å². The molecule has 2 amide bonds. The van der Waals surface area contributed by atoms with Crippen molar-refractivity contribution >= 4 is 40.3 Å².